The number of Topliss-reactive ketones (excluding diaryl/α,β-unsaturated/α-hetero) is 1. The van der Waals surface area contributed by atoms with Crippen LogP contribution in [0.25, 0.3) is 0 Å². The molecular formula is C15H22O3. The minimum atomic E-state index is -0.0437. The van der Waals surface area contributed by atoms with Gasteiger partial charge in [0.05, 0.1) is 5.92 Å². The van der Waals surface area contributed by atoms with Crippen LogP contribution in [0, 0.1) is 17.8 Å². The van der Waals surface area contributed by atoms with Gasteiger partial charge in [-0.05, 0) is 32.1 Å². The van der Waals surface area contributed by atoms with E-state index in [0.29, 0.717) is 18.3 Å². The fourth-order valence-electron chi connectivity index (χ4n) is 3.08. The van der Waals surface area contributed by atoms with Crippen LogP contribution in [0.4, 0.5) is 0 Å². The normalized spacial score (nSPS) is 35.5. The van der Waals surface area contributed by atoms with Gasteiger partial charge in [0.15, 0.2) is 0 Å². The van der Waals surface area contributed by atoms with Crippen molar-refractivity contribution in [1.29, 1.82) is 0 Å². The summed E-state index contributed by atoms with van der Waals surface area (Å²) in [6.45, 7) is 5.78. The Kier molecular flexibility index (Phi) is 3.88. The number of esters is 1. The maximum absolute atomic E-state index is 11.6. The van der Waals surface area contributed by atoms with E-state index < -0.39 is 0 Å². The topological polar surface area (TPSA) is 43.4 Å². The Labute approximate surface area is 109 Å². The summed E-state index contributed by atoms with van der Waals surface area (Å²) in [5.41, 5.74) is 1.36. The fraction of sp³-hybridized carbons (Fsp3) is 0.733. The van der Waals surface area contributed by atoms with E-state index in [-0.39, 0.29) is 23.8 Å². The second-order valence-electron chi connectivity index (χ2n) is 5.78. The molecule has 0 radical (unpaired) electrons. The molecule has 2 aliphatic rings. The third-order valence-electron chi connectivity index (χ3n) is 4.40. The minimum Gasteiger partial charge on any atom is -0.462 e. The smallest absolute Gasteiger partial charge is 0.309 e. The Morgan fingerprint density at radius 1 is 1.44 bits per heavy atom. The summed E-state index contributed by atoms with van der Waals surface area (Å²) < 4.78 is 5.46. The molecule has 0 aromatic rings. The van der Waals surface area contributed by atoms with Crippen molar-refractivity contribution in [3.05, 3.63) is 11.6 Å². The molecule has 3 nitrogen and oxygen atoms in total. The van der Waals surface area contributed by atoms with Gasteiger partial charge < -0.3 is 9.53 Å². The summed E-state index contributed by atoms with van der Waals surface area (Å²) in [6.07, 6.45) is 5.63. The van der Waals surface area contributed by atoms with Crippen molar-refractivity contribution in [1.82, 2.24) is 0 Å². The molecular weight excluding hydrogens is 228 g/mol. The van der Waals surface area contributed by atoms with E-state index in [0.717, 1.165) is 19.3 Å². The molecule has 18 heavy (non-hydrogen) atoms. The summed E-state index contributed by atoms with van der Waals surface area (Å²) >= 11 is 0. The van der Waals surface area contributed by atoms with Crippen molar-refractivity contribution in [2.45, 2.75) is 52.6 Å². The molecule has 0 N–H and O–H groups in total. The first-order chi connectivity index (χ1) is 8.49. The first kappa shape index (κ1) is 13.3. The van der Waals surface area contributed by atoms with Crippen molar-refractivity contribution in [3.63, 3.8) is 0 Å². The average molecular weight is 250 g/mol. The first-order valence-electron chi connectivity index (χ1n) is 6.88. The third-order valence-corrected chi connectivity index (χ3v) is 4.40. The SMILES string of the molecule is CC(=O)CCC1=CC[C@H]2[C@@H](C[C@@H]1C)OC(=O)[C@@H]2C. The van der Waals surface area contributed by atoms with Gasteiger partial charge in [-0.15, -0.1) is 0 Å². The highest BCUT2D eigenvalue weighted by Gasteiger charge is 2.42. The summed E-state index contributed by atoms with van der Waals surface area (Å²) in [6, 6.07) is 0. The van der Waals surface area contributed by atoms with E-state index in [9.17, 15) is 9.59 Å². The maximum Gasteiger partial charge on any atom is 0.309 e. The van der Waals surface area contributed by atoms with Crippen LogP contribution in [-0.2, 0) is 14.3 Å². The van der Waals surface area contributed by atoms with Gasteiger partial charge in [-0.25, -0.2) is 0 Å². The number of rotatable bonds is 3. The van der Waals surface area contributed by atoms with Crippen LogP contribution < -0.4 is 0 Å². The molecule has 0 spiro atoms. The Hall–Kier alpha value is -1.12. The molecule has 100 valence electrons. The van der Waals surface area contributed by atoms with Gasteiger partial charge in [0.2, 0.25) is 0 Å². The highest BCUT2D eigenvalue weighted by atomic mass is 16.6. The molecule has 1 saturated heterocycles. The van der Waals surface area contributed by atoms with Crippen LogP contribution in [0.5, 0.6) is 0 Å². The standard InChI is InChI=1S/C15H22O3/c1-9-8-14-13(11(3)15(17)18-14)7-6-12(9)5-4-10(2)16/h6,9,11,13-14H,4-5,7-8H2,1-3H3/t9-,11+,13+,14+/m0/s1. The van der Waals surface area contributed by atoms with Crippen LogP contribution in [0.15, 0.2) is 11.6 Å². The predicted octanol–water partition coefficient (Wildman–Crippen LogP) is 2.89. The molecule has 3 heteroatoms. The van der Waals surface area contributed by atoms with Gasteiger partial charge in [0.1, 0.15) is 11.9 Å². The van der Waals surface area contributed by atoms with E-state index in [4.69, 9.17) is 4.74 Å². The summed E-state index contributed by atoms with van der Waals surface area (Å²) in [5.74, 6) is 0.961. The van der Waals surface area contributed by atoms with Gasteiger partial charge in [0.25, 0.3) is 0 Å². The summed E-state index contributed by atoms with van der Waals surface area (Å²) in [4.78, 5) is 22.6. The van der Waals surface area contributed by atoms with Crippen LogP contribution >= 0.6 is 0 Å². The molecule has 1 aliphatic carbocycles. The Balaban J connectivity index is 2.05. The first-order valence-corrected chi connectivity index (χ1v) is 6.88. The van der Waals surface area contributed by atoms with E-state index >= 15 is 0 Å². The number of carbonyl (C=O) groups excluding carboxylic acids is 2. The molecule has 0 aromatic carbocycles. The number of hydrogen-bond donors (Lipinski definition) is 0. The molecule has 0 aromatic heterocycles. The number of allylic oxidation sites excluding steroid dienone is 2. The predicted molar refractivity (Wildman–Crippen MR) is 68.9 cm³/mol. The zero-order valence-corrected chi connectivity index (χ0v) is 11.4. The lowest BCUT2D eigenvalue weighted by Crippen LogP contribution is -2.19. The number of fused-ring (bicyclic) bond motifs is 1. The zero-order valence-electron chi connectivity index (χ0n) is 11.4. The highest BCUT2D eigenvalue weighted by Crippen LogP contribution is 2.39. The minimum absolute atomic E-state index is 0.0191. The lowest BCUT2D eigenvalue weighted by atomic mass is 9.87. The number of ketones is 1. The monoisotopic (exact) mass is 250 g/mol. The molecule has 0 bridgehead atoms. The van der Waals surface area contributed by atoms with E-state index in [1.807, 2.05) is 6.92 Å². The zero-order chi connectivity index (χ0) is 13.3. The third kappa shape index (κ3) is 2.65. The van der Waals surface area contributed by atoms with Crippen molar-refractivity contribution >= 4 is 11.8 Å². The Morgan fingerprint density at radius 3 is 2.83 bits per heavy atom. The van der Waals surface area contributed by atoms with Crippen LogP contribution in [-0.4, -0.2) is 17.9 Å². The molecule has 1 heterocycles. The molecule has 1 aliphatic heterocycles. The van der Waals surface area contributed by atoms with Crippen molar-refractivity contribution in [2.24, 2.45) is 17.8 Å². The van der Waals surface area contributed by atoms with E-state index in [1.54, 1.807) is 6.92 Å². The molecule has 0 saturated carbocycles. The molecule has 2 rings (SSSR count). The number of ether oxygens (including phenoxy) is 1. The second-order valence-corrected chi connectivity index (χ2v) is 5.78. The van der Waals surface area contributed by atoms with Crippen LogP contribution in [0.1, 0.15) is 46.5 Å². The van der Waals surface area contributed by atoms with E-state index in [1.165, 1.54) is 5.57 Å². The summed E-state index contributed by atoms with van der Waals surface area (Å²) in [7, 11) is 0. The Morgan fingerprint density at radius 2 is 2.17 bits per heavy atom. The number of carbonyl (C=O) groups is 2. The highest BCUT2D eigenvalue weighted by molar-refractivity contribution is 5.76. The van der Waals surface area contributed by atoms with Gasteiger partial charge in [-0.3, -0.25) is 4.79 Å². The van der Waals surface area contributed by atoms with Crippen molar-refractivity contribution in [3.8, 4) is 0 Å². The van der Waals surface area contributed by atoms with Gasteiger partial charge in [-0.1, -0.05) is 25.5 Å². The fourth-order valence-corrected chi connectivity index (χ4v) is 3.08. The number of hydrogen-bond acceptors (Lipinski definition) is 3. The average Bonchev–Trinajstić information content (AvgIpc) is 2.46. The molecule has 1 fully saturated rings. The lowest BCUT2D eigenvalue weighted by molar-refractivity contribution is -0.144. The lowest BCUT2D eigenvalue weighted by Gasteiger charge is -2.18. The van der Waals surface area contributed by atoms with Gasteiger partial charge in [-0.2, -0.15) is 0 Å². The molecule has 0 amide bonds. The second kappa shape index (κ2) is 5.25. The van der Waals surface area contributed by atoms with E-state index in [2.05, 4.69) is 13.0 Å². The van der Waals surface area contributed by atoms with Gasteiger partial charge >= 0.3 is 5.97 Å². The van der Waals surface area contributed by atoms with Crippen molar-refractivity contribution < 1.29 is 14.3 Å². The largest absolute Gasteiger partial charge is 0.462 e. The molecule has 0 unspecified atom stereocenters. The van der Waals surface area contributed by atoms with Crippen LogP contribution in [0.3, 0.4) is 0 Å². The molecule has 4 atom stereocenters. The quantitative estimate of drug-likeness (QED) is 0.571. The maximum atomic E-state index is 11.6. The van der Waals surface area contributed by atoms with Gasteiger partial charge in [0, 0.05) is 12.3 Å². The summed E-state index contributed by atoms with van der Waals surface area (Å²) in [5, 5.41) is 0. The Bertz CT molecular complexity index is 383. The van der Waals surface area contributed by atoms with Crippen LogP contribution in [0.2, 0.25) is 0 Å². The van der Waals surface area contributed by atoms with Crippen molar-refractivity contribution in [2.75, 3.05) is 0 Å².